The number of hydrogen-bond donors (Lipinski definition) is 2. The van der Waals surface area contributed by atoms with Crippen LogP contribution in [0, 0.1) is 0 Å². The highest BCUT2D eigenvalue weighted by Crippen LogP contribution is 2.29. The summed E-state index contributed by atoms with van der Waals surface area (Å²) >= 11 is 0. The molecule has 2 amide bonds. The Morgan fingerprint density at radius 2 is 1.62 bits per heavy atom. The van der Waals surface area contributed by atoms with Crippen LogP contribution >= 0.6 is 0 Å². The van der Waals surface area contributed by atoms with Gasteiger partial charge in [0.1, 0.15) is 5.70 Å². The number of para-hydroxylation sites is 1. The third kappa shape index (κ3) is 4.42. The minimum absolute atomic E-state index is 0.231. The molecule has 162 valence electrons. The highest BCUT2D eigenvalue weighted by Gasteiger charge is 2.15. The molecule has 1 heterocycles. The molecule has 0 atom stereocenters. The summed E-state index contributed by atoms with van der Waals surface area (Å²) in [6.45, 7) is 2.63. The Bertz CT molecular complexity index is 1300. The average Bonchev–Trinajstić information content (AvgIpc) is 3.11. The van der Waals surface area contributed by atoms with Crippen LogP contribution in [0.25, 0.3) is 27.9 Å². The molecule has 32 heavy (non-hydrogen) atoms. The number of unbranched alkanes of at least 4 members (excludes halogenated alkanes) is 1. The Hall–Kier alpha value is -3.86. The van der Waals surface area contributed by atoms with Gasteiger partial charge in [-0.25, -0.2) is 0 Å². The lowest BCUT2D eigenvalue weighted by molar-refractivity contribution is -0.117. The van der Waals surface area contributed by atoms with Crippen LogP contribution in [0.2, 0.25) is 0 Å². The van der Waals surface area contributed by atoms with Crippen molar-refractivity contribution in [3.05, 3.63) is 89.6 Å². The van der Waals surface area contributed by atoms with Gasteiger partial charge in [0.15, 0.2) is 0 Å². The highest BCUT2D eigenvalue weighted by molar-refractivity contribution is 6.09. The third-order valence-corrected chi connectivity index (χ3v) is 5.59. The van der Waals surface area contributed by atoms with Crippen LogP contribution in [0.5, 0.6) is 0 Å². The number of nitrogens with zero attached hydrogens (tertiary/aromatic N) is 1. The number of rotatable bonds is 7. The van der Waals surface area contributed by atoms with Crippen molar-refractivity contribution in [2.45, 2.75) is 19.8 Å². The fourth-order valence-corrected chi connectivity index (χ4v) is 3.86. The summed E-state index contributed by atoms with van der Waals surface area (Å²) in [5.41, 5.74) is 3.85. The Morgan fingerprint density at radius 1 is 0.906 bits per heavy atom. The van der Waals surface area contributed by atoms with Crippen LogP contribution in [0.15, 0.2) is 78.5 Å². The van der Waals surface area contributed by atoms with Crippen molar-refractivity contribution in [1.82, 2.24) is 15.2 Å². The molecule has 0 saturated heterocycles. The molecule has 2 N–H and O–H groups in total. The van der Waals surface area contributed by atoms with Gasteiger partial charge in [-0.15, -0.1) is 0 Å². The van der Waals surface area contributed by atoms with Crippen molar-refractivity contribution in [1.29, 1.82) is 0 Å². The van der Waals surface area contributed by atoms with E-state index in [4.69, 9.17) is 0 Å². The molecule has 4 rings (SSSR count). The summed E-state index contributed by atoms with van der Waals surface area (Å²) in [5, 5.41) is 7.97. The van der Waals surface area contributed by atoms with Gasteiger partial charge in [-0.2, -0.15) is 0 Å². The molecule has 5 heteroatoms. The second-order valence-electron chi connectivity index (χ2n) is 7.84. The molecule has 4 aromatic rings. The van der Waals surface area contributed by atoms with E-state index in [0.29, 0.717) is 12.1 Å². The lowest BCUT2D eigenvalue weighted by Crippen LogP contribution is -2.35. The van der Waals surface area contributed by atoms with Crippen molar-refractivity contribution in [2.75, 3.05) is 6.54 Å². The zero-order valence-corrected chi connectivity index (χ0v) is 18.4. The zero-order valence-electron chi connectivity index (χ0n) is 18.4. The topological polar surface area (TPSA) is 63.1 Å². The predicted octanol–water partition coefficient (Wildman–Crippen LogP) is 5.02. The van der Waals surface area contributed by atoms with Crippen LogP contribution < -0.4 is 10.6 Å². The second-order valence-corrected chi connectivity index (χ2v) is 7.84. The monoisotopic (exact) mass is 425 g/mol. The molecule has 3 aromatic carbocycles. The molecular formula is C27H27N3O2. The predicted molar refractivity (Wildman–Crippen MR) is 130 cm³/mol. The molecule has 0 aliphatic heterocycles. The summed E-state index contributed by atoms with van der Waals surface area (Å²) in [7, 11) is 2.05. The molecule has 0 spiro atoms. The van der Waals surface area contributed by atoms with E-state index in [9.17, 15) is 9.59 Å². The van der Waals surface area contributed by atoms with Gasteiger partial charge in [0.25, 0.3) is 11.8 Å². The van der Waals surface area contributed by atoms with Gasteiger partial charge < -0.3 is 15.2 Å². The fraction of sp³-hybridized carbons (Fsp3) is 0.185. The lowest BCUT2D eigenvalue weighted by atomic mass is 10.1. The van der Waals surface area contributed by atoms with Crippen molar-refractivity contribution in [2.24, 2.45) is 7.05 Å². The third-order valence-electron chi connectivity index (χ3n) is 5.59. The molecule has 0 saturated carbocycles. The SMILES string of the molecule is CCCCNC(=O)C(=Cc1ccc2c(c1)c1ccccc1n2C)NC(=O)c1ccccc1. The number of nitrogens with one attached hydrogen (secondary N) is 2. The first-order chi connectivity index (χ1) is 15.6. The fourth-order valence-electron chi connectivity index (χ4n) is 3.86. The highest BCUT2D eigenvalue weighted by atomic mass is 16.2. The number of aryl methyl sites for hydroxylation is 1. The van der Waals surface area contributed by atoms with Crippen molar-refractivity contribution in [3.63, 3.8) is 0 Å². The summed E-state index contributed by atoms with van der Waals surface area (Å²) < 4.78 is 2.16. The van der Waals surface area contributed by atoms with E-state index >= 15 is 0 Å². The first-order valence-electron chi connectivity index (χ1n) is 10.9. The van der Waals surface area contributed by atoms with Gasteiger partial charge in [0.2, 0.25) is 0 Å². The number of carbonyl (C=O) groups excluding carboxylic acids is 2. The molecular weight excluding hydrogens is 398 g/mol. The van der Waals surface area contributed by atoms with E-state index in [2.05, 4.69) is 40.3 Å². The molecule has 0 fully saturated rings. The molecule has 1 aromatic heterocycles. The van der Waals surface area contributed by atoms with Crippen molar-refractivity contribution < 1.29 is 9.59 Å². The lowest BCUT2D eigenvalue weighted by Gasteiger charge is -2.11. The minimum Gasteiger partial charge on any atom is -0.351 e. The van der Waals surface area contributed by atoms with Crippen molar-refractivity contribution >= 4 is 39.7 Å². The maximum Gasteiger partial charge on any atom is 0.267 e. The van der Waals surface area contributed by atoms with E-state index in [1.807, 2.05) is 37.4 Å². The maximum atomic E-state index is 12.9. The first kappa shape index (κ1) is 21.4. The zero-order chi connectivity index (χ0) is 22.5. The van der Waals surface area contributed by atoms with Gasteiger partial charge in [-0.3, -0.25) is 9.59 Å². The average molecular weight is 426 g/mol. The summed E-state index contributed by atoms with van der Waals surface area (Å²) in [6.07, 6.45) is 3.60. The smallest absolute Gasteiger partial charge is 0.267 e. The number of carbonyl (C=O) groups is 2. The first-order valence-corrected chi connectivity index (χ1v) is 10.9. The van der Waals surface area contributed by atoms with Crippen LogP contribution in [-0.2, 0) is 11.8 Å². The number of amides is 2. The molecule has 0 aliphatic rings. The Labute approximate surface area is 187 Å². The van der Waals surface area contributed by atoms with Gasteiger partial charge in [-0.1, -0.05) is 55.8 Å². The quantitative estimate of drug-likeness (QED) is 0.323. The summed E-state index contributed by atoms with van der Waals surface area (Å²) in [4.78, 5) is 25.6. The van der Waals surface area contributed by atoms with E-state index in [0.717, 1.165) is 40.2 Å². The number of hydrogen-bond acceptors (Lipinski definition) is 2. The van der Waals surface area contributed by atoms with E-state index in [1.165, 1.54) is 0 Å². The number of benzene rings is 3. The largest absolute Gasteiger partial charge is 0.351 e. The number of aromatic nitrogens is 1. The van der Waals surface area contributed by atoms with Gasteiger partial charge in [0, 0.05) is 41.0 Å². The summed E-state index contributed by atoms with van der Waals surface area (Å²) in [5.74, 6) is -0.602. The maximum absolute atomic E-state index is 12.9. The normalized spacial score (nSPS) is 11.6. The second kappa shape index (κ2) is 9.52. The molecule has 0 bridgehead atoms. The Balaban J connectivity index is 1.71. The summed E-state index contributed by atoms with van der Waals surface area (Å²) in [6, 6.07) is 23.2. The van der Waals surface area contributed by atoms with E-state index in [1.54, 1.807) is 30.3 Å². The van der Waals surface area contributed by atoms with Crippen LogP contribution in [0.3, 0.4) is 0 Å². The molecule has 0 unspecified atom stereocenters. The minimum atomic E-state index is -0.311. The van der Waals surface area contributed by atoms with Crippen LogP contribution in [-0.4, -0.2) is 22.9 Å². The van der Waals surface area contributed by atoms with Gasteiger partial charge in [-0.05, 0) is 48.4 Å². The van der Waals surface area contributed by atoms with Gasteiger partial charge in [0.05, 0.1) is 0 Å². The van der Waals surface area contributed by atoms with Gasteiger partial charge >= 0.3 is 0 Å². The van der Waals surface area contributed by atoms with Crippen LogP contribution in [0.1, 0.15) is 35.7 Å². The molecule has 0 aliphatic carbocycles. The number of fused-ring (bicyclic) bond motifs is 3. The molecule has 0 radical (unpaired) electrons. The van der Waals surface area contributed by atoms with E-state index < -0.39 is 0 Å². The van der Waals surface area contributed by atoms with Crippen molar-refractivity contribution in [3.8, 4) is 0 Å². The Kier molecular flexibility index (Phi) is 6.36. The molecule has 5 nitrogen and oxygen atoms in total. The van der Waals surface area contributed by atoms with Crippen LogP contribution in [0.4, 0.5) is 0 Å². The Morgan fingerprint density at radius 3 is 2.41 bits per heavy atom. The van der Waals surface area contributed by atoms with E-state index in [-0.39, 0.29) is 17.5 Å². The standard InChI is InChI=1S/C27H27N3O2/c1-3-4-16-28-27(32)23(29-26(31)20-10-6-5-7-11-20)18-19-14-15-25-22(17-19)21-12-8-9-13-24(21)30(25)2/h5-15,17-18H,3-4,16H2,1-2H3,(H,28,32)(H,29,31).